The molecule has 2 rings (SSSR count). The van der Waals surface area contributed by atoms with Crippen LogP contribution in [0.3, 0.4) is 0 Å². The first-order valence-electron chi connectivity index (χ1n) is 8.45. The number of imide groups is 1. The molecule has 0 saturated carbocycles. The Kier molecular flexibility index (Phi) is 5.95. The van der Waals surface area contributed by atoms with Crippen molar-refractivity contribution >= 4 is 23.5 Å². The summed E-state index contributed by atoms with van der Waals surface area (Å²) in [7, 11) is 0. The zero-order chi connectivity index (χ0) is 17.6. The van der Waals surface area contributed by atoms with Crippen molar-refractivity contribution in [1.29, 1.82) is 0 Å². The van der Waals surface area contributed by atoms with Gasteiger partial charge in [0.2, 0.25) is 5.91 Å². The largest absolute Gasteiger partial charge is 0.325 e. The minimum Gasteiger partial charge on any atom is -0.325 e. The maximum atomic E-state index is 12.6. The Morgan fingerprint density at radius 3 is 2.54 bits per heavy atom. The van der Waals surface area contributed by atoms with Gasteiger partial charge >= 0.3 is 6.03 Å². The molecule has 1 saturated heterocycles. The zero-order valence-electron chi connectivity index (χ0n) is 14.3. The molecule has 2 N–H and O–H groups in total. The van der Waals surface area contributed by atoms with Crippen LogP contribution < -0.4 is 10.6 Å². The fourth-order valence-electron chi connectivity index (χ4n) is 2.83. The van der Waals surface area contributed by atoms with Gasteiger partial charge in [0, 0.05) is 5.69 Å². The maximum absolute atomic E-state index is 12.6. The second-order valence-electron chi connectivity index (χ2n) is 6.38. The highest BCUT2D eigenvalue weighted by atomic mass is 16.2. The molecule has 130 valence electrons. The summed E-state index contributed by atoms with van der Waals surface area (Å²) in [4.78, 5) is 37.7. The number of nitrogens with one attached hydrogen (secondary N) is 2. The molecular weight excluding hydrogens is 306 g/mol. The van der Waals surface area contributed by atoms with Crippen molar-refractivity contribution < 1.29 is 14.4 Å². The molecule has 6 heteroatoms. The summed E-state index contributed by atoms with van der Waals surface area (Å²) in [6.07, 6.45) is 4.72. The van der Waals surface area contributed by atoms with Gasteiger partial charge in [-0.1, -0.05) is 50.8 Å². The van der Waals surface area contributed by atoms with Crippen molar-refractivity contribution in [3.05, 3.63) is 30.3 Å². The number of para-hydroxylation sites is 1. The first kappa shape index (κ1) is 18.0. The van der Waals surface area contributed by atoms with Crippen LogP contribution in [0.5, 0.6) is 0 Å². The molecule has 1 heterocycles. The molecule has 1 unspecified atom stereocenters. The van der Waals surface area contributed by atoms with Gasteiger partial charge in [-0.05, 0) is 25.5 Å². The molecule has 0 radical (unpaired) electrons. The third kappa shape index (κ3) is 4.34. The van der Waals surface area contributed by atoms with Gasteiger partial charge in [-0.25, -0.2) is 4.79 Å². The molecule has 1 aromatic carbocycles. The highest BCUT2D eigenvalue weighted by molar-refractivity contribution is 6.09. The van der Waals surface area contributed by atoms with E-state index in [1.54, 1.807) is 31.2 Å². The lowest BCUT2D eigenvalue weighted by Gasteiger charge is -2.21. The van der Waals surface area contributed by atoms with Crippen LogP contribution in [0.25, 0.3) is 0 Å². The van der Waals surface area contributed by atoms with E-state index < -0.39 is 11.6 Å². The number of anilines is 1. The third-order valence-corrected chi connectivity index (χ3v) is 4.23. The lowest BCUT2D eigenvalue weighted by molar-refractivity contribution is -0.133. The van der Waals surface area contributed by atoms with Crippen LogP contribution in [0.1, 0.15) is 46.0 Å². The van der Waals surface area contributed by atoms with E-state index in [4.69, 9.17) is 0 Å². The van der Waals surface area contributed by atoms with Crippen molar-refractivity contribution in [2.24, 2.45) is 0 Å². The summed E-state index contributed by atoms with van der Waals surface area (Å²) in [6, 6.07) is 8.45. The van der Waals surface area contributed by atoms with Gasteiger partial charge in [-0.3, -0.25) is 14.5 Å². The molecule has 0 aliphatic carbocycles. The van der Waals surface area contributed by atoms with E-state index >= 15 is 0 Å². The van der Waals surface area contributed by atoms with Gasteiger partial charge in [0.15, 0.2) is 0 Å². The molecular formula is C18H25N3O3. The Morgan fingerprint density at radius 1 is 1.17 bits per heavy atom. The average molecular weight is 331 g/mol. The number of hydrogen-bond donors (Lipinski definition) is 2. The number of hydrogen-bond acceptors (Lipinski definition) is 3. The van der Waals surface area contributed by atoms with E-state index in [1.807, 2.05) is 6.07 Å². The molecule has 24 heavy (non-hydrogen) atoms. The lowest BCUT2D eigenvalue weighted by Crippen LogP contribution is -2.44. The highest BCUT2D eigenvalue weighted by Gasteiger charge is 2.47. The fourth-order valence-corrected chi connectivity index (χ4v) is 2.83. The van der Waals surface area contributed by atoms with Crippen LogP contribution in [0.4, 0.5) is 10.5 Å². The Balaban J connectivity index is 1.92. The Bertz CT molecular complexity index is 603. The number of amides is 4. The number of benzene rings is 1. The van der Waals surface area contributed by atoms with Gasteiger partial charge < -0.3 is 10.6 Å². The van der Waals surface area contributed by atoms with Gasteiger partial charge in [0.1, 0.15) is 12.1 Å². The topological polar surface area (TPSA) is 78.5 Å². The first-order valence-corrected chi connectivity index (χ1v) is 8.45. The first-order chi connectivity index (χ1) is 11.5. The van der Waals surface area contributed by atoms with Gasteiger partial charge in [-0.15, -0.1) is 0 Å². The van der Waals surface area contributed by atoms with E-state index in [0.29, 0.717) is 12.1 Å². The SMILES string of the molecule is CCCCCCC1(C)NC(=O)N(CC(=O)Nc2ccccc2)C1=O. The fraction of sp³-hybridized carbons (Fsp3) is 0.500. The summed E-state index contributed by atoms with van der Waals surface area (Å²) in [5, 5.41) is 5.42. The molecule has 4 amide bonds. The second-order valence-corrected chi connectivity index (χ2v) is 6.38. The van der Waals surface area contributed by atoms with Crippen LogP contribution in [-0.2, 0) is 9.59 Å². The number of carbonyl (C=O) groups excluding carboxylic acids is 3. The predicted molar refractivity (Wildman–Crippen MR) is 92.5 cm³/mol. The minimum atomic E-state index is -0.905. The van der Waals surface area contributed by atoms with Crippen LogP contribution in [0.15, 0.2) is 30.3 Å². The highest BCUT2D eigenvalue weighted by Crippen LogP contribution is 2.24. The monoisotopic (exact) mass is 331 g/mol. The van der Waals surface area contributed by atoms with Crippen molar-refractivity contribution in [3.63, 3.8) is 0 Å². The molecule has 1 atom stereocenters. The lowest BCUT2D eigenvalue weighted by atomic mass is 9.94. The summed E-state index contributed by atoms with van der Waals surface area (Å²) in [5.41, 5.74) is -0.269. The summed E-state index contributed by atoms with van der Waals surface area (Å²) in [6.45, 7) is 3.58. The molecule has 6 nitrogen and oxygen atoms in total. The predicted octanol–water partition coefficient (Wildman–Crippen LogP) is 2.91. The van der Waals surface area contributed by atoms with E-state index in [0.717, 1.165) is 30.6 Å². The van der Waals surface area contributed by atoms with Crippen LogP contribution in [0.2, 0.25) is 0 Å². The molecule has 0 spiro atoms. The van der Waals surface area contributed by atoms with E-state index in [2.05, 4.69) is 17.6 Å². The summed E-state index contributed by atoms with van der Waals surface area (Å²) in [5.74, 6) is -0.716. The quantitative estimate of drug-likeness (QED) is 0.568. The second kappa shape index (κ2) is 7.95. The maximum Gasteiger partial charge on any atom is 0.325 e. The van der Waals surface area contributed by atoms with Crippen LogP contribution in [0, 0.1) is 0 Å². The molecule has 1 aliphatic heterocycles. The number of unbranched alkanes of at least 4 members (excludes halogenated alkanes) is 3. The van der Waals surface area contributed by atoms with E-state index in [-0.39, 0.29) is 18.4 Å². The number of nitrogens with zero attached hydrogens (tertiary/aromatic N) is 1. The Morgan fingerprint density at radius 2 is 1.88 bits per heavy atom. The normalized spacial score (nSPS) is 20.2. The van der Waals surface area contributed by atoms with E-state index in [1.165, 1.54) is 0 Å². The molecule has 0 bridgehead atoms. The van der Waals surface area contributed by atoms with Crippen molar-refractivity contribution in [2.45, 2.75) is 51.5 Å². The molecule has 0 aromatic heterocycles. The zero-order valence-corrected chi connectivity index (χ0v) is 14.3. The van der Waals surface area contributed by atoms with Crippen molar-refractivity contribution in [1.82, 2.24) is 10.2 Å². The number of urea groups is 1. The Labute approximate surface area is 142 Å². The summed E-state index contributed by atoms with van der Waals surface area (Å²) >= 11 is 0. The van der Waals surface area contributed by atoms with Crippen LogP contribution in [-0.4, -0.2) is 34.8 Å². The molecule has 1 aliphatic rings. The van der Waals surface area contributed by atoms with Crippen molar-refractivity contribution in [2.75, 3.05) is 11.9 Å². The Hall–Kier alpha value is -2.37. The molecule has 1 aromatic rings. The average Bonchev–Trinajstić information content (AvgIpc) is 2.76. The molecule has 1 fully saturated rings. The standard InChI is InChI=1S/C18H25N3O3/c1-3-4-5-9-12-18(2)16(23)21(17(24)20-18)13-15(22)19-14-10-7-6-8-11-14/h6-8,10-11H,3-5,9,12-13H2,1-2H3,(H,19,22)(H,20,24). The van der Waals surface area contributed by atoms with Gasteiger partial charge in [0.25, 0.3) is 5.91 Å². The van der Waals surface area contributed by atoms with Crippen molar-refractivity contribution in [3.8, 4) is 0 Å². The third-order valence-electron chi connectivity index (χ3n) is 4.23. The van der Waals surface area contributed by atoms with Gasteiger partial charge in [-0.2, -0.15) is 0 Å². The van der Waals surface area contributed by atoms with Crippen LogP contribution >= 0.6 is 0 Å². The van der Waals surface area contributed by atoms with Gasteiger partial charge in [0.05, 0.1) is 0 Å². The summed E-state index contributed by atoms with van der Waals surface area (Å²) < 4.78 is 0. The van der Waals surface area contributed by atoms with E-state index in [9.17, 15) is 14.4 Å². The minimum absolute atomic E-state index is 0.274. The number of rotatable bonds is 8. The smallest absolute Gasteiger partial charge is 0.325 e. The number of carbonyl (C=O) groups is 3.